The van der Waals surface area contributed by atoms with Crippen LogP contribution in [-0.4, -0.2) is 4.98 Å². The summed E-state index contributed by atoms with van der Waals surface area (Å²) < 4.78 is 1.19. The molecule has 15 heavy (non-hydrogen) atoms. The predicted octanol–water partition coefficient (Wildman–Crippen LogP) is 3.99. The molecule has 0 saturated carbocycles. The van der Waals surface area contributed by atoms with Crippen LogP contribution in [0.2, 0.25) is 0 Å². The highest BCUT2D eigenvalue weighted by atomic mass is 127. The highest BCUT2D eigenvalue weighted by Crippen LogP contribution is 2.29. The molecule has 0 aliphatic carbocycles. The summed E-state index contributed by atoms with van der Waals surface area (Å²) >= 11 is 3.87. The van der Waals surface area contributed by atoms with Crippen LogP contribution in [0, 0.1) is 11.8 Å². The van der Waals surface area contributed by atoms with Gasteiger partial charge < -0.3 is 0 Å². The van der Waals surface area contributed by atoms with Gasteiger partial charge in [0.05, 0.1) is 10.4 Å². The smallest absolute Gasteiger partial charge is 0.168 e. The Balaban J connectivity index is 2.18. The van der Waals surface area contributed by atoms with Gasteiger partial charge in [0, 0.05) is 26.8 Å². The summed E-state index contributed by atoms with van der Waals surface area (Å²) in [7, 11) is 1.67. The molecule has 0 aliphatic rings. The zero-order chi connectivity index (χ0) is 10.5. The third-order valence-electron chi connectivity index (χ3n) is 1.65. The minimum atomic E-state index is 0.873. The van der Waals surface area contributed by atoms with Crippen molar-refractivity contribution in [3.63, 3.8) is 0 Å². The van der Waals surface area contributed by atoms with Crippen molar-refractivity contribution in [2.24, 2.45) is 0 Å². The van der Waals surface area contributed by atoms with E-state index in [-0.39, 0.29) is 0 Å². The van der Waals surface area contributed by atoms with E-state index in [1.807, 2.05) is 36.5 Å². The SMILES string of the molecule is ISc1cnc(C#Cc2ccccc2)s1. The van der Waals surface area contributed by atoms with Crippen LogP contribution in [0.1, 0.15) is 10.6 Å². The van der Waals surface area contributed by atoms with Gasteiger partial charge >= 0.3 is 0 Å². The number of benzene rings is 1. The average Bonchev–Trinajstić information content (AvgIpc) is 2.76. The Kier molecular flexibility index (Phi) is 4.06. The van der Waals surface area contributed by atoms with Crippen LogP contribution in [-0.2, 0) is 0 Å². The zero-order valence-electron chi connectivity index (χ0n) is 7.61. The zero-order valence-corrected chi connectivity index (χ0v) is 11.4. The molecular formula is C11H6INS2. The van der Waals surface area contributed by atoms with Crippen LogP contribution >= 0.6 is 41.5 Å². The number of nitrogens with zero attached hydrogens (tertiary/aromatic N) is 1. The third-order valence-corrected chi connectivity index (χ3v) is 5.43. The molecule has 2 aromatic rings. The molecule has 0 atom stereocenters. The van der Waals surface area contributed by atoms with Crippen molar-refractivity contribution in [1.29, 1.82) is 0 Å². The van der Waals surface area contributed by atoms with Gasteiger partial charge in [0.1, 0.15) is 0 Å². The van der Waals surface area contributed by atoms with E-state index >= 15 is 0 Å². The predicted molar refractivity (Wildman–Crippen MR) is 74.4 cm³/mol. The molecule has 0 amide bonds. The molecule has 0 unspecified atom stereocenters. The molecule has 1 aromatic heterocycles. The standard InChI is InChI=1S/C11H6INS2/c12-15-11-8-13-10(14-11)7-6-9-4-2-1-3-5-9/h1-5,8H. The minimum Gasteiger partial charge on any atom is -0.235 e. The van der Waals surface area contributed by atoms with E-state index in [1.165, 1.54) is 4.21 Å². The number of halogens is 1. The van der Waals surface area contributed by atoms with E-state index in [0.717, 1.165) is 10.6 Å². The molecule has 1 aromatic carbocycles. The topological polar surface area (TPSA) is 12.9 Å². The Morgan fingerprint density at radius 2 is 2.00 bits per heavy atom. The first kappa shape index (κ1) is 11.0. The summed E-state index contributed by atoms with van der Waals surface area (Å²) in [5, 5.41) is 0.873. The lowest BCUT2D eigenvalue weighted by atomic mass is 10.2. The maximum atomic E-state index is 4.22. The molecule has 4 heteroatoms. The monoisotopic (exact) mass is 343 g/mol. The van der Waals surface area contributed by atoms with Gasteiger partial charge in [-0.25, -0.2) is 4.98 Å². The molecule has 1 nitrogen and oxygen atoms in total. The maximum Gasteiger partial charge on any atom is 0.168 e. The van der Waals surface area contributed by atoms with Crippen molar-refractivity contribution in [2.45, 2.75) is 4.21 Å². The average molecular weight is 343 g/mol. The number of rotatable bonds is 1. The van der Waals surface area contributed by atoms with E-state index in [4.69, 9.17) is 0 Å². The molecule has 0 fully saturated rings. The minimum absolute atomic E-state index is 0.873. The number of thiazole rings is 1. The lowest BCUT2D eigenvalue weighted by Gasteiger charge is -1.84. The van der Waals surface area contributed by atoms with E-state index in [2.05, 4.69) is 38.0 Å². The Labute approximate surface area is 109 Å². The molecule has 1 heterocycles. The summed E-state index contributed by atoms with van der Waals surface area (Å²) in [5.41, 5.74) is 1.02. The van der Waals surface area contributed by atoms with Crippen molar-refractivity contribution in [3.05, 3.63) is 47.1 Å². The van der Waals surface area contributed by atoms with Gasteiger partial charge in [0.15, 0.2) is 5.01 Å². The second-order valence-corrected chi connectivity index (χ2v) is 5.88. The second-order valence-electron chi connectivity index (χ2n) is 2.68. The summed E-state index contributed by atoms with van der Waals surface area (Å²) in [6.07, 6.45) is 1.86. The Morgan fingerprint density at radius 3 is 2.67 bits per heavy atom. The lowest BCUT2D eigenvalue weighted by Crippen LogP contribution is -1.72. The first-order valence-electron chi connectivity index (χ1n) is 4.20. The first-order valence-corrected chi connectivity index (χ1v) is 8.37. The van der Waals surface area contributed by atoms with Gasteiger partial charge in [-0.1, -0.05) is 35.5 Å². The van der Waals surface area contributed by atoms with Gasteiger partial charge in [-0.15, -0.1) is 0 Å². The van der Waals surface area contributed by atoms with Crippen LogP contribution < -0.4 is 0 Å². The summed E-state index contributed by atoms with van der Waals surface area (Å²) in [6, 6.07) is 9.94. The number of aromatic nitrogens is 1. The van der Waals surface area contributed by atoms with Crippen LogP contribution in [0.3, 0.4) is 0 Å². The van der Waals surface area contributed by atoms with Gasteiger partial charge in [0.2, 0.25) is 0 Å². The van der Waals surface area contributed by atoms with Gasteiger partial charge in [-0.3, -0.25) is 0 Å². The van der Waals surface area contributed by atoms with Crippen molar-refractivity contribution in [1.82, 2.24) is 4.98 Å². The summed E-state index contributed by atoms with van der Waals surface area (Å²) in [6.45, 7) is 0. The van der Waals surface area contributed by atoms with Crippen LogP contribution in [0.25, 0.3) is 0 Å². The third kappa shape index (κ3) is 3.23. The Hall–Kier alpha value is -0.510. The fourth-order valence-corrected chi connectivity index (χ4v) is 3.11. The fourth-order valence-electron chi connectivity index (χ4n) is 1.000. The van der Waals surface area contributed by atoms with Crippen molar-refractivity contribution in [3.8, 4) is 11.8 Å². The highest BCUT2D eigenvalue weighted by molar-refractivity contribution is 14.2. The molecular weight excluding hydrogens is 337 g/mol. The van der Waals surface area contributed by atoms with E-state index < -0.39 is 0 Å². The molecule has 0 aliphatic heterocycles. The first-order chi connectivity index (χ1) is 7.38. The van der Waals surface area contributed by atoms with Gasteiger partial charge in [0.25, 0.3) is 0 Å². The second kappa shape index (κ2) is 5.54. The molecule has 0 spiro atoms. The summed E-state index contributed by atoms with van der Waals surface area (Å²) in [4.78, 5) is 4.22. The fraction of sp³-hybridized carbons (Fsp3) is 0. The molecule has 0 N–H and O–H groups in total. The quantitative estimate of drug-likeness (QED) is 0.574. The van der Waals surface area contributed by atoms with Crippen molar-refractivity contribution < 1.29 is 0 Å². The largest absolute Gasteiger partial charge is 0.235 e. The van der Waals surface area contributed by atoms with E-state index in [0.29, 0.717) is 0 Å². The van der Waals surface area contributed by atoms with Crippen LogP contribution in [0.5, 0.6) is 0 Å². The van der Waals surface area contributed by atoms with Crippen LogP contribution in [0.15, 0.2) is 40.7 Å². The van der Waals surface area contributed by atoms with Crippen molar-refractivity contribution >= 4 is 41.5 Å². The molecule has 0 bridgehead atoms. The van der Waals surface area contributed by atoms with Crippen molar-refractivity contribution in [2.75, 3.05) is 0 Å². The Bertz CT molecular complexity index is 496. The molecule has 74 valence electrons. The number of hydrogen-bond donors (Lipinski definition) is 0. The summed E-state index contributed by atoms with van der Waals surface area (Å²) in [5.74, 6) is 6.14. The Morgan fingerprint density at radius 1 is 1.20 bits per heavy atom. The molecule has 0 saturated heterocycles. The lowest BCUT2D eigenvalue weighted by molar-refractivity contribution is 1.35. The van der Waals surface area contributed by atoms with E-state index in [1.54, 1.807) is 20.3 Å². The normalized spacial score (nSPS) is 9.40. The number of hydrogen-bond acceptors (Lipinski definition) is 3. The van der Waals surface area contributed by atoms with Crippen LogP contribution in [0.4, 0.5) is 0 Å². The molecule has 2 rings (SSSR count). The maximum absolute atomic E-state index is 4.22. The van der Waals surface area contributed by atoms with Gasteiger partial charge in [-0.2, -0.15) is 0 Å². The molecule has 0 radical (unpaired) electrons. The highest BCUT2D eigenvalue weighted by Gasteiger charge is 1.97. The van der Waals surface area contributed by atoms with Gasteiger partial charge in [-0.05, 0) is 27.0 Å². The van der Waals surface area contributed by atoms with E-state index in [9.17, 15) is 0 Å².